The van der Waals surface area contributed by atoms with E-state index < -0.39 is 18.1 Å². The summed E-state index contributed by atoms with van der Waals surface area (Å²) in [6.07, 6.45) is 0. The molecule has 2 rings (SSSR count). The molecule has 0 bridgehead atoms. The number of alkyl halides is 1. The Morgan fingerprint density at radius 2 is 1.95 bits per heavy atom. The van der Waals surface area contributed by atoms with Crippen LogP contribution in [-0.2, 0) is 14.9 Å². The zero-order chi connectivity index (χ0) is 16.3. The maximum atomic E-state index is 13.5. The molecule has 0 aliphatic rings. The summed E-state index contributed by atoms with van der Waals surface area (Å²) in [6.45, 7) is 0.488. The van der Waals surface area contributed by atoms with Gasteiger partial charge < -0.3 is 4.74 Å². The minimum atomic E-state index is -1.48. The van der Waals surface area contributed by atoms with Crippen LogP contribution in [0.5, 0.6) is 0 Å². The molecule has 0 spiro atoms. The number of halogens is 3. The zero-order valence-electron chi connectivity index (χ0n) is 12.1. The van der Waals surface area contributed by atoms with Crippen LogP contribution in [0.15, 0.2) is 36.4 Å². The van der Waals surface area contributed by atoms with E-state index in [1.165, 1.54) is 44.4 Å². The van der Waals surface area contributed by atoms with Crippen molar-refractivity contribution >= 4 is 17.6 Å². The summed E-state index contributed by atoms with van der Waals surface area (Å²) in [5.74, 6) is -1.09. The lowest BCUT2D eigenvalue weighted by atomic mass is 9.83. The highest BCUT2D eigenvalue weighted by molar-refractivity contribution is 6.29. The Morgan fingerprint density at radius 3 is 2.50 bits per heavy atom. The molecule has 0 radical (unpaired) electrons. The summed E-state index contributed by atoms with van der Waals surface area (Å²) in [5, 5.41) is 0.111. The van der Waals surface area contributed by atoms with E-state index in [-0.39, 0.29) is 11.0 Å². The lowest BCUT2D eigenvalue weighted by Crippen LogP contribution is -2.36. The summed E-state index contributed by atoms with van der Waals surface area (Å²) in [6, 6.07) is 8.60. The molecule has 1 unspecified atom stereocenters. The van der Waals surface area contributed by atoms with Crippen molar-refractivity contribution in [2.24, 2.45) is 0 Å². The molecule has 116 valence electrons. The average molecular weight is 326 g/mol. The van der Waals surface area contributed by atoms with Crippen molar-refractivity contribution in [3.63, 3.8) is 0 Å². The number of rotatable bonds is 4. The van der Waals surface area contributed by atoms with Crippen LogP contribution in [-0.4, -0.2) is 24.7 Å². The van der Waals surface area contributed by atoms with E-state index in [0.717, 1.165) is 0 Å². The SMILES string of the molecule is COC(=O)C(C)(CF)c1cc(Cl)nc(-c2ccc(F)cc2)c1. The second-order valence-corrected chi connectivity index (χ2v) is 5.42. The van der Waals surface area contributed by atoms with Crippen LogP contribution in [0.25, 0.3) is 11.3 Å². The van der Waals surface area contributed by atoms with Crippen molar-refractivity contribution in [2.45, 2.75) is 12.3 Å². The molecule has 0 N–H and O–H groups in total. The fraction of sp³-hybridized carbons (Fsp3) is 0.250. The third-order valence-electron chi connectivity index (χ3n) is 3.47. The molecule has 1 aromatic heterocycles. The van der Waals surface area contributed by atoms with E-state index in [4.69, 9.17) is 11.6 Å². The van der Waals surface area contributed by atoms with Crippen LogP contribution in [0.2, 0.25) is 5.15 Å². The molecule has 0 fully saturated rings. The topological polar surface area (TPSA) is 39.2 Å². The van der Waals surface area contributed by atoms with Gasteiger partial charge in [-0.05, 0) is 48.9 Å². The van der Waals surface area contributed by atoms with E-state index in [1.54, 1.807) is 6.07 Å². The van der Waals surface area contributed by atoms with Gasteiger partial charge in [0.05, 0.1) is 12.8 Å². The number of aromatic nitrogens is 1. The molecule has 1 heterocycles. The Kier molecular flexibility index (Phi) is 4.76. The zero-order valence-corrected chi connectivity index (χ0v) is 12.8. The summed E-state index contributed by atoms with van der Waals surface area (Å²) >= 11 is 5.98. The highest BCUT2D eigenvalue weighted by atomic mass is 35.5. The molecular formula is C16H14ClF2NO2. The van der Waals surface area contributed by atoms with Crippen molar-refractivity contribution in [3.8, 4) is 11.3 Å². The van der Waals surface area contributed by atoms with Crippen molar-refractivity contribution in [1.29, 1.82) is 0 Å². The van der Waals surface area contributed by atoms with Gasteiger partial charge in [0.25, 0.3) is 0 Å². The van der Waals surface area contributed by atoms with E-state index in [1.807, 2.05) is 0 Å². The van der Waals surface area contributed by atoms with Crippen molar-refractivity contribution in [3.05, 3.63) is 52.9 Å². The lowest BCUT2D eigenvalue weighted by Gasteiger charge is -2.24. The van der Waals surface area contributed by atoms with Gasteiger partial charge in [0.1, 0.15) is 23.1 Å². The number of nitrogens with zero attached hydrogens (tertiary/aromatic N) is 1. The van der Waals surface area contributed by atoms with Gasteiger partial charge in [0, 0.05) is 5.56 Å². The summed E-state index contributed by atoms with van der Waals surface area (Å²) < 4.78 is 31.1. The first-order chi connectivity index (χ1) is 10.4. The summed E-state index contributed by atoms with van der Waals surface area (Å²) in [7, 11) is 1.19. The fourth-order valence-electron chi connectivity index (χ4n) is 2.06. The Morgan fingerprint density at radius 1 is 1.32 bits per heavy atom. The smallest absolute Gasteiger partial charge is 0.318 e. The van der Waals surface area contributed by atoms with E-state index in [2.05, 4.69) is 9.72 Å². The van der Waals surface area contributed by atoms with Crippen LogP contribution in [0.4, 0.5) is 8.78 Å². The van der Waals surface area contributed by atoms with Crippen LogP contribution in [0.1, 0.15) is 12.5 Å². The third-order valence-corrected chi connectivity index (χ3v) is 3.67. The first-order valence-electron chi connectivity index (χ1n) is 6.49. The molecule has 1 atom stereocenters. The minimum Gasteiger partial charge on any atom is -0.468 e. The molecular weight excluding hydrogens is 312 g/mol. The number of carbonyl (C=O) groups excluding carboxylic acids is 1. The van der Waals surface area contributed by atoms with Crippen molar-refractivity contribution in [1.82, 2.24) is 4.98 Å². The van der Waals surface area contributed by atoms with Gasteiger partial charge in [-0.1, -0.05) is 11.6 Å². The van der Waals surface area contributed by atoms with Gasteiger partial charge in [0.15, 0.2) is 0 Å². The summed E-state index contributed by atoms with van der Waals surface area (Å²) in [4.78, 5) is 16.0. The van der Waals surface area contributed by atoms with Gasteiger partial charge in [-0.2, -0.15) is 0 Å². The van der Waals surface area contributed by atoms with Crippen LogP contribution >= 0.6 is 11.6 Å². The molecule has 6 heteroatoms. The standard InChI is InChI=1S/C16H14ClF2NO2/c1-16(9-18,15(21)22-2)11-7-13(20-14(17)8-11)10-3-5-12(19)6-4-10/h3-8H,9H2,1-2H3. The highest BCUT2D eigenvalue weighted by Gasteiger charge is 2.37. The number of carbonyl (C=O) groups is 1. The number of hydrogen-bond donors (Lipinski definition) is 0. The molecule has 3 nitrogen and oxygen atoms in total. The molecule has 1 aromatic carbocycles. The van der Waals surface area contributed by atoms with Gasteiger partial charge in [-0.3, -0.25) is 4.79 Å². The largest absolute Gasteiger partial charge is 0.468 e. The first-order valence-corrected chi connectivity index (χ1v) is 6.87. The molecule has 2 aromatic rings. The number of esters is 1. The van der Waals surface area contributed by atoms with Gasteiger partial charge >= 0.3 is 5.97 Å². The molecule has 22 heavy (non-hydrogen) atoms. The van der Waals surface area contributed by atoms with E-state index >= 15 is 0 Å². The Hall–Kier alpha value is -2.01. The average Bonchev–Trinajstić information content (AvgIpc) is 2.53. The lowest BCUT2D eigenvalue weighted by molar-refractivity contribution is -0.147. The monoisotopic (exact) mass is 325 g/mol. The Balaban J connectivity index is 2.55. The van der Waals surface area contributed by atoms with Gasteiger partial charge in [-0.15, -0.1) is 0 Å². The Bertz CT molecular complexity index is 691. The number of ether oxygens (including phenoxy) is 1. The van der Waals surface area contributed by atoms with E-state index in [0.29, 0.717) is 16.8 Å². The Labute approximate surface area is 131 Å². The predicted octanol–water partition coefficient (Wildman–Crippen LogP) is 3.94. The number of benzene rings is 1. The minimum absolute atomic E-state index is 0.111. The molecule has 0 aliphatic carbocycles. The molecule has 0 saturated carbocycles. The fourth-order valence-corrected chi connectivity index (χ4v) is 2.27. The van der Waals surface area contributed by atoms with Crippen molar-refractivity contribution < 1.29 is 18.3 Å². The summed E-state index contributed by atoms with van der Waals surface area (Å²) in [5.41, 5.74) is -0.0979. The normalized spacial score (nSPS) is 13.5. The van der Waals surface area contributed by atoms with Crippen LogP contribution in [0, 0.1) is 5.82 Å². The number of methoxy groups -OCH3 is 1. The first kappa shape index (κ1) is 16.4. The maximum absolute atomic E-state index is 13.5. The molecule has 0 aliphatic heterocycles. The second-order valence-electron chi connectivity index (χ2n) is 5.03. The second kappa shape index (κ2) is 6.40. The highest BCUT2D eigenvalue weighted by Crippen LogP contribution is 2.31. The van der Waals surface area contributed by atoms with Gasteiger partial charge in [-0.25, -0.2) is 13.8 Å². The van der Waals surface area contributed by atoms with Crippen LogP contribution < -0.4 is 0 Å². The molecule has 0 amide bonds. The number of pyridine rings is 1. The number of hydrogen-bond acceptors (Lipinski definition) is 3. The quantitative estimate of drug-likeness (QED) is 0.631. The third kappa shape index (κ3) is 3.09. The van der Waals surface area contributed by atoms with Crippen molar-refractivity contribution in [2.75, 3.05) is 13.8 Å². The van der Waals surface area contributed by atoms with Crippen LogP contribution in [0.3, 0.4) is 0 Å². The van der Waals surface area contributed by atoms with E-state index in [9.17, 15) is 13.6 Å². The predicted molar refractivity (Wildman–Crippen MR) is 80.0 cm³/mol. The van der Waals surface area contributed by atoms with Gasteiger partial charge in [0.2, 0.25) is 0 Å². The molecule has 0 saturated heterocycles. The maximum Gasteiger partial charge on any atom is 0.318 e.